The van der Waals surface area contributed by atoms with Crippen LogP contribution >= 0.6 is 0 Å². The number of hydrogen-bond donors (Lipinski definition) is 1. The van der Waals surface area contributed by atoms with Crippen LogP contribution in [0.1, 0.15) is 36.4 Å². The van der Waals surface area contributed by atoms with E-state index in [2.05, 4.69) is 35.2 Å². The molecule has 0 amide bonds. The Hall–Kier alpha value is -1.09. The number of pyridine rings is 1. The van der Waals surface area contributed by atoms with Gasteiger partial charge in [-0.3, -0.25) is 4.90 Å². The lowest BCUT2D eigenvalue weighted by atomic mass is 9.96. The molecule has 0 saturated carbocycles. The Labute approximate surface area is 97.9 Å². The second-order valence-electron chi connectivity index (χ2n) is 4.68. The van der Waals surface area contributed by atoms with Crippen LogP contribution in [0, 0.1) is 6.92 Å². The van der Waals surface area contributed by atoms with Crippen molar-refractivity contribution < 1.29 is 0 Å². The Morgan fingerprint density at radius 1 is 1.44 bits per heavy atom. The number of hydrogen-bond acceptors (Lipinski definition) is 3. The summed E-state index contributed by atoms with van der Waals surface area (Å²) in [7, 11) is 4.13. The van der Waals surface area contributed by atoms with Gasteiger partial charge in [-0.15, -0.1) is 0 Å². The van der Waals surface area contributed by atoms with Gasteiger partial charge in [0, 0.05) is 19.3 Å². The first-order chi connectivity index (χ1) is 7.72. The van der Waals surface area contributed by atoms with Crippen LogP contribution in [0.5, 0.6) is 0 Å². The predicted molar refractivity (Wildman–Crippen MR) is 67.7 cm³/mol. The number of aryl methyl sites for hydroxylation is 1. The van der Waals surface area contributed by atoms with Crippen molar-refractivity contribution in [3.05, 3.63) is 23.4 Å². The maximum absolute atomic E-state index is 4.47. The Morgan fingerprint density at radius 3 is 2.88 bits per heavy atom. The van der Waals surface area contributed by atoms with E-state index in [4.69, 9.17) is 0 Å². The highest BCUT2D eigenvalue weighted by molar-refractivity contribution is 5.44. The van der Waals surface area contributed by atoms with E-state index < -0.39 is 0 Å². The first-order valence-corrected chi connectivity index (χ1v) is 6.07. The van der Waals surface area contributed by atoms with Gasteiger partial charge >= 0.3 is 0 Å². The molecule has 1 aliphatic rings. The zero-order chi connectivity index (χ0) is 11.5. The van der Waals surface area contributed by atoms with Crippen LogP contribution in [0.3, 0.4) is 0 Å². The third-order valence-corrected chi connectivity index (χ3v) is 3.49. The second kappa shape index (κ2) is 4.83. The molecule has 0 unspecified atom stereocenters. The van der Waals surface area contributed by atoms with Crippen LogP contribution in [0.25, 0.3) is 0 Å². The highest BCUT2D eigenvalue weighted by Gasteiger charge is 2.21. The molecule has 3 nitrogen and oxygen atoms in total. The fraction of sp³-hybridized carbons (Fsp3) is 0.615. The molecule has 0 bridgehead atoms. The smallest absolute Gasteiger partial charge is 0.128 e. The van der Waals surface area contributed by atoms with Gasteiger partial charge in [-0.1, -0.05) is 6.42 Å². The Bertz CT molecular complexity index is 362. The number of likely N-dealkylation sites (tertiary alicyclic amines) is 1. The van der Waals surface area contributed by atoms with Gasteiger partial charge in [0.2, 0.25) is 0 Å². The fourth-order valence-electron chi connectivity index (χ4n) is 2.54. The van der Waals surface area contributed by atoms with Crippen LogP contribution in [-0.2, 0) is 0 Å². The first-order valence-electron chi connectivity index (χ1n) is 6.07. The lowest BCUT2D eigenvalue weighted by Gasteiger charge is -2.32. The van der Waals surface area contributed by atoms with Gasteiger partial charge in [0.25, 0.3) is 0 Å². The van der Waals surface area contributed by atoms with E-state index in [9.17, 15) is 0 Å². The topological polar surface area (TPSA) is 28.2 Å². The van der Waals surface area contributed by atoms with Crippen LogP contribution in [0.15, 0.2) is 12.3 Å². The average Bonchev–Trinajstić information content (AvgIpc) is 2.29. The van der Waals surface area contributed by atoms with Crippen LogP contribution in [0.2, 0.25) is 0 Å². The minimum atomic E-state index is 0.561. The van der Waals surface area contributed by atoms with Gasteiger partial charge in [0.15, 0.2) is 0 Å². The third-order valence-electron chi connectivity index (χ3n) is 3.49. The van der Waals surface area contributed by atoms with Gasteiger partial charge in [0.1, 0.15) is 5.82 Å². The molecule has 88 valence electrons. The van der Waals surface area contributed by atoms with E-state index in [1.54, 1.807) is 0 Å². The molecule has 3 heteroatoms. The van der Waals surface area contributed by atoms with E-state index in [1.165, 1.54) is 36.9 Å². The molecule has 0 spiro atoms. The van der Waals surface area contributed by atoms with Crippen molar-refractivity contribution in [2.24, 2.45) is 0 Å². The molecular formula is C13H21N3. The molecule has 2 heterocycles. The molecule has 0 radical (unpaired) electrons. The summed E-state index contributed by atoms with van der Waals surface area (Å²) >= 11 is 0. The fourth-order valence-corrected chi connectivity index (χ4v) is 2.54. The van der Waals surface area contributed by atoms with E-state index >= 15 is 0 Å². The van der Waals surface area contributed by atoms with Gasteiger partial charge in [0.05, 0.1) is 0 Å². The van der Waals surface area contributed by atoms with Crippen LogP contribution in [-0.4, -0.2) is 30.5 Å². The normalized spacial score (nSPS) is 22.1. The summed E-state index contributed by atoms with van der Waals surface area (Å²) in [6.45, 7) is 3.32. The third kappa shape index (κ3) is 2.19. The quantitative estimate of drug-likeness (QED) is 0.828. The van der Waals surface area contributed by atoms with Crippen molar-refractivity contribution >= 4 is 5.82 Å². The van der Waals surface area contributed by atoms with E-state index in [1.807, 2.05) is 13.2 Å². The first kappa shape index (κ1) is 11.4. The molecular weight excluding hydrogens is 198 g/mol. The SMILES string of the molecule is CNc1ncc([C@@H]2CCCCN2C)cc1C. The van der Waals surface area contributed by atoms with Gasteiger partial charge < -0.3 is 5.32 Å². The van der Waals surface area contributed by atoms with Gasteiger partial charge in [-0.2, -0.15) is 0 Å². The summed E-state index contributed by atoms with van der Waals surface area (Å²) in [5.74, 6) is 0.988. The molecule has 2 rings (SSSR count). The summed E-state index contributed by atoms with van der Waals surface area (Å²) in [6.07, 6.45) is 5.94. The van der Waals surface area contributed by atoms with Crippen molar-refractivity contribution in [1.29, 1.82) is 0 Å². The van der Waals surface area contributed by atoms with Crippen LogP contribution in [0.4, 0.5) is 5.82 Å². The van der Waals surface area contributed by atoms with Crippen molar-refractivity contribution in [3.63, 3.8) is 0 Å². The summed E-state index contributed by atoms with van der Waals surface area (Å²) in [4.78, 5) is 6.91. The standard InChI is InChI=1S/C13H21N3/c1-10-8-11(9-15-13(10)14-2)12-6-4-5-7-16(12)3/h8-9,12H,4-7H2,1-3H3,(H,14,15)/t12-/m0/s1. The second-order valence-corrected chi connectivity index (χ2v) is 4.68. The van der Waals surface area contributed by atoms with Gasteiger partial charge in [-0.25, -0.2) is 4.98 Å². The Balaban J connectivity index is 2.22. The minimum absolute atomic E-state index is 0.561. The molecule has 1 aromatic heterocycles. The lowest BCUT2D eigenvalue weighted by Crippen LogP contribution is -2.29. The number of aromatic nitrogens is 1. The Kier molecular flexibility index (Phi) is 3.44. The number of nitrogens with zero attached hydrogens (tertiary/aromatic N) is 2. The number of piperidine rings is 1. The molecule has 1 aromatic rings. The van der Waals surface area contributed by atoms with E-state index in [0.717, 1.165) is 5.82 Å². The predicted octanol–water partition coefficient (Wildman–Crippen LogP) is 2.59. The van der Waals surface area contributed by atoms with Crippen molar-refractivity contribution in [2.45, 2.75) is 32.2 Å². The monoisotopic (exact) mass is 219 g/mol. The van der Waals surface area contributed by atoms with Crippen molar-refractivity contribution in [3.8, 4) is 0 Å². The molecule has 1 aliphatic heterocycles. The van der Waals surface area contributed by atoms with Crippen molar-refractivity contribution in [1.82, 2.24) is 9.88 Å². The largest absolute Gasteiger partial charge is 0.373 e. The molecule has 1 N–H and O–H groups in total. The van der Waals surface area contributed by atoms with Crippen LogP contribution < -0.4 is 5.32 Å². The maximum atomic E-state index is 4.47. The molecule has 1 atom stereocenters. The molecule has 16 heavy (non-hydrogen) atoms. The summed E-state index contributed by atoms with van der Waals surface area (Å²) in [5, 5.41) is 3.11. The van der Waals surface area contributed by atoms with E-state index in [-0.39, 0.29) is 0 Å². The van der Waals surface area contributed by atoms with E-state index in [0.29, 0.717) is 6.04 Å². The number of nitrogens with one attached hydrogen (secondary N) is 1. The number of rotatable bonds is 2. The summed E-state index contributed by atoms with van der Waals surface area (Å²) in [6, 6.07) is 2.83. The molecule has 1 saturated heterocycles. The molecule has 0 aliphatic carbocycles. The summed E-state index contributed by atoms with van der Waals surface area (Å²) in [5.41, 5.74) is 2.60. The highest BCUT2D eigenvalue weighted by Crippen LogP contribution is 2.30. The molecule has 1 fully saturated rings. The minimum Gasteiger partial charge on any atom is -0.373 e. The maximum Gasteiger partial charge on any atom is 0.128 e. The molecule has 0 aromatic carbocycles. The zero-order valence-electron chi connectivity index (χ0n) is 10.5. The lowest BCUT2D eigenvalue weighted by molar-refractivity contribution is 0.187. The summed E-state index contributed by atoms with van der Waals surface area (Å²) < 4.78 is 0. The average molecular weight is 219 g/mol. The zero-order valence-corrected chi connectivity index (χ0v) is 10.5. The highest BCUT2D eigenvalue weighted by atomic mass is 15.1. The van der Waals surface area contributed by atoms with Crippen molar-refractivity contribution in [2.75, 3.05) is 26.0 Å². The number of anilines is 1. The Morgan fingerprint density at radius 2 is 2.25 bits per heavy atom. The van der Waals surface area contributed by atoms with Gasteiger partial charge in [-0.05, 0) is 50.6 Å².